The molecule has 0 aliphatic carbocycles. The molecule has 0 radical (unpaired) electrons. The Bertz CT molecular complexity index is 544. The number of nitrogens with two attached hydrogens (primary N) is 1. The first-order valence-corrected chi connectivity index (χ1v) is 4.98. The van der Waals surface area contributed by atoms with Crippen molar-refractivity contribution in [3.8, 4) is 11.3 Å². The molecule has 4 nitrogen and oxygen atoms in total. The fourth-order valence-electron chi connectivity index (χ4n) is 1.66. The Morgan fingerprint density at radius 2 is 2.12 bits per heavy atom. The van der Waals surface area contributed by atoms with Crippen molar-refractivity contribution in [1.82, 2.24) is 10.2 Å². The SMILES string of the molecule is NCCc1c(-c2cccc(F)c2)[nH][nH]c1=O. The predicted molar refractivity (Wildman–Crippen MR) is 59.6 cm³/mol. The molecule has 0 bridgehead atoms. The second-order valence-electron chi connectivity index (χ2n) is 3.48. The van der Waals surface area contributed by atoms with E-state index in [4.69, 9.17) is 5.73 Å². The van der Waals surface area contributed by atoms with Gasteiger partial charge in [0.15, 0.2) is 0 Å². The first kappa shape index (κ1) is 10.6. The summed E-state index contributed by atoms with van der Waals surface area (Å²) >= 11 is 0. The van der Waals surface area contributed by atoms with Gasteiger partial charge in [0.2, 0.25) is 0 Å². The largest absolute Gasteiger partial charge is 0.330 e. The molecule has 0 saturated carbocycles. The fraction of sp³-hybridized carbons (Fsp3) is 0.182. The Morgan fingerprint density at radius 1 is 1.31 bits per heavy atom. The molecule has 5 heteroatoms. The topological polar surface area (TPSA) is 74.7 Å². The van der Waals surface area contributed by atoms with E-state index in [1.807, 2.05) is 0 Å². The first-order chi connectivity index (χ1) is 7.72. The molecule has 0 aliphatic heterocycles. The number of H-pyrrole nitrogens is 2. The van der Waals surface area contributed by atoms with Gasteiger partial charge in [0.25, 0.3) is 5.56 Å². The van der Waals surface area contributed by atoms with E-state index in [-0.39, 0.29) is 11.4 Å². The lowest BCUT2D eigenvalue weighted by atomic mass is 10.1. The Kier molecular flexibility index (Phi) is 2.87. The van der Waals surface area contributed by atoms with E-state index in [2.05, 4.69) is 10.2 Å². The average molecular weight is 221 g/mol. The molecule has 0 atom stereocenters. The molecular formula is C11H12FN3O. The third kappa shape index (κ3) is 1.90. The van der Waals surface area contributed by atoms with Gasteiger partial charge in [-0.15, -0.1) is 0 Å². The Labute approximate surface area is 91.3 Å². The number of aromatic amines is 2. The molecule has 1 aromatic heterocycles. The summed E-state index contributed by atoms with van der Waals surface area (Å²) in [4.78, 5) is 11.5. The van der Waals surface area contributed by atoms with Gasteiger partial charge >= 0.3 is 0 Å². The molecule has 0 fully saturated rings. The van der Waals surface area contributed by atoms with Crippen molar-refractivity contribution >= 4 is 0 Å². The van der Waals surface area contributed by atoms with Crippen molar-refractivity contribution in [2.45, 2.75) is 6.42 Å². The van der Waals surface area contributed by atoms with Crippen LogP contribution in [0, 0.1) is 5.82 Å². The third-order valence-corrected chi connectivity index (χ3v) is 2.38. The van der Waals surface area contributed by atoms with E-state index in [0.717, 1.165) is 0 Å². The predicted octanol–water partition coefficient (Wildman–Crippen LogP) is 1.01. The quantitative estimate of drug-likeness (QED) is 0.723. The molecule has 0 saturated heterocycles. The van der Waals surface area contributed by atoms with Crippen molar-refractivity contribution < 1.29 is 4.39 Å². The van der Waals surface area contributed by atoms with Crippen molar-refractivity contribution in [2.75, 3.05) is 6.54 Å². The van der Waals surface area contributed by atoms with Crippen molar-refractivity contribution in [3.05, 3.63) is 46.0 Å². The van der Waals surface area contributed by atoms with Crippen LogP contribution in [-0.2, 0) is 6.42 Å². The van der Waals surface area contributed by atoms with E-state index >= 15 is 0 Å². The van der Waals surface area contributed by atoms with Crippen LogP contribution >= 0.6 is 0 Å². The van der Waals surface area contributed by atoms with Gasteiger partial charge in [-0.05, 0) is 25.1 Å². The number of aromatic nitrogens is 2. The highest BCUT2D eigenvalue weighted by Gasteiger charge is 2.11. The van der Waals surface area contributed by atoms with E-state index < -0.39 is 0 Å². The van der Waals surface area contributed by atoms with E-state index in [9.17, 15) is 9.18 Å². The molecule has 0 amide bonds. The number of rotatable bonds is 3. The zero-order valence-corrected chi connectivity index (χ0v) is 8.59. The van der Waals surface area contributed by atoms with E-state index in [1.54, 1.807) is 12.1 Å². The number of benzene rings is 1. The van der Waals surface area contributed by atoms with Gasteiger partial charge in [0.1, 0.15) is 5.82 Å². The lowest BCUT2D eigenvalue weighted by Crippen LogP contribution is -2.12. The zero-order chi connectivity index (χ0) is 11.5. The van der Waals surface area contributed by atoms with Crippen molar-refractivity contribution in [1.29, 1.82) is 0 Å². The Hall–Kier alpha value is -1.88. The molecule has 0 unspecified atom stereocenters. The molecule has 84 valence electrons. The van der Waals surface area contributed by atoms with Crippen LogP contribution in [0.1, 0.15) is 5.56 Å². The van der Waals surface area contributed by atoms with Gasteiger partial charge in [-0.1, -0.05) is 12.1 Å². The lowest BCUT2D eigenvalue weighted by molar-refractivity contribution is 0.628. The van der Waals surface area contributed by atoms with E-state index in [1.165, 1.54) is 12.1 Å². The number of halogens is 1. The van der Waals surface area contributed by atoms with Crippen LogP contribution in [0.25, 0.3) is 11.3 Å². The molecule has 1 aromatic carbocycles. The van der Waals surface area contributed by atoms with Crippen LogP contribution in [0.3, 0.4) is 0 Å². The number of nitrogens with one attached hydrogen (secondary N) is 2. The smallest absolute Gasteiger partial charge is 0.267 e. The second-order valence-corrected chi connectivity index (χ2v) is 3.48. The van der Waals surface area contributed by atoms with Crippen molar-refractivity contribution in [2.24, 2.45) is 5.73 Å². The van der Waals surface area contributed by atoms with Crippen LogP contribution in [0.15, 0.2) is 29.1 Å². The maximum Gasteiger partial charge on any atom is 0.267 e. The number of hydrogen-bond acceptors (Lipinski definition) is 2. The first-order valence-electron chi connectivity index (χ1n) is 4.98. The van der Waals surface area contributed by atoms with E-state index in [0.29, 0.717) is 29.8 Å². The molecule has 16 heavy (non-hydrogen) atoms. The highest BCUT2D eigenvalue weighted by atomic mass is 19.1. The summed E-state index contributed by atoms with van der Waals surface area (Å²) in [6, 6.07) is 6.07. The standard InChI is InChI=1S/C11H12FN3O/c12-8-3-1-2-7(6-8)10-9(4-5-13)11(16)15-14-10/h1-3,6H,4-5,13H2,(H2,14,15,16). The van der Waals surface area contributed by atoms with Crippen LogP contribution in [0.2, 0.25) is 0 Å². The summed E-state index contributed by atoms with van der Waals surface area (Å²) in [6.07, 6.45) is 0.463. The van der Waals surface area contributed by atoms with Crippen LogP contribution in [0.4, 0.5) is 4.39 Å². The molecule has 0 aliphatic rings. The van der Waals surface area contributed by atoms with Crippen LogP contribution < -0.4 is 11.3 Å². The molecule has 2 aromatic rings. The molecule has 1 heterocycles. The number of hydrogen-bond donors (Lipinski definition) is 3. The lowest BCUT2D eigenvalue weighted by Gasteiger charge is -2.01. The summed E-state index contributed by atoms with van der Waals surface area (Å²) in [5, 5.41) is 5.22. The van der Waals surface area contributed by atoms with Crippen LogP contribution in [-0.4, -0.2) is 16.7 Å². The molecular weight excluding hydrogens is 209 g/mol. The van der Waals surface area contributed by atoms with Gasteiger partial charge in [-0.3, -0.25) is 15.0 Å². The van der Waals surface area contributed by atoms with Gasteiger partial charge < -0.3 is 5.73 Å². The molecule has 4 N–H and O–H groups in total. The normalized spacial score (nSPS) is 10.6. The van der Waals surface area contributed by atoms with Crippen molar-refractivity contribution in [3.63, 3.8) is 0 Å². The molecule has 2 rings (SSSR count). The highest BCUT2D eigenvalue weighted by Crippen LogP contribution is 2.19. The Morgan fingerprint density at radius 3 is 2.81 bits per heavy atom. The van der Waals surface area contributed by atoms with Gasteiger partial charge in [0.05, 0.1) is 5.69 Å². The minimum absolute atomic E-state index is 0.204. The van der Waals surface area contributed by atoms with Crippen LogP contribution in [0.5, 0.6) is 0 Å². The summed E-state index contributed by atoms with van der Waals surface area (Å²) in [7, 11) is 0. The second kappa shape index (κ2) is 4.32. The fourth-order valence-corrected chi connectivity index (χ4v) is 1.66. The minimum Gasteiger partial charge on any atom is -0.330 e. The van der Waals surface area contributed by atoms with Gasteiger partial charge in [-0.25, -0.2) is 4.39 Å². The monoisotopic (exact) mass is 221 g/mol. The maximum atomic E-state index is 13.1. The summed E-state index contributed by atoms with van der Waals surface area (Å²) < 4.78 is 13.1. The third-order valence-electron chi connectivity index (χ3n) is 2.38. The minimum atomic E-state index is -0.335. The summed E-state index contributed by atoms with van der Waals surface area (Å²) in [6.45, 7) is 0.378. The van der Waals surface area contributed by atoms with Gasteiger partial charge in [0, 0.05) is 11.1 Å². The van der Waals surface area contributed by atoms with Gasteiger partial charge in [-0.2, -0.15) is 0 Å². The summed E-state index contributed by atoms with van der Waals surface area (Å²) in [5.41, 5.74) is 7.03. The summed E-state index contributed by atoms with van der Waals surface area (Å²) in [5.74, 6) is -0.335. The highest BCUT2D eigenvalue weighted by molar-refractivity contribution is 5.62. The average Bonchev–Trinajstić information content (AvgIpc) is 2.61. The molecule has 0 spiro atoms. The Balaban J connectivity index is 2.51. The maximum absolute atomic E-state index is 13.1. The zero-order valence-electron chi connectivity index (χ0n) is 8.59.